The smallest absolute Gasteiger partial charge is 0.225 e. The van der Waals surface area contributed by atoms with E-state index in [9.17, 15) is 4.79 Å². The highest BCUT2D eigenvalue weighted by molar-refractivity contribution is 5.82. The molecule has 4 heteroatoms. The van der Waals surface area contributed by atoms with Crippen LogP contribution in [0.2, 0.25) is 0 Å². The number of carbonyl (C=O) groups excluding carboxylic acids is 1. The first kappa shape index (κ1) is 11.5. The maximum Gasteiger partial charge on any atom is 0.225 e. The van der Waals surface area contributed by atoms with Gasteiger partial charge in [-0.1, -0.05) is 6.92 Å². The molecule has 18 heavy (non-hydrogen) atoms. The Morgan fingerprint density at radius 3 is 2.94 bits per heavy atom. The minimum Gasteiger partial charge on any atom is -0.379 e. The molecule has 1 aromatic heterocycles. The van der Waals surface area contributed by atoms with Crippen molar-refractivity contribution in [3.8, 4) is 0 Å². The van der Waals surface area contributed by atoms with Crippen LogP contribution in [0.15, 0.2) is 18.3 Å². The fourth-order valence-electron chi connectivity index (χ4n) is 2.34. The summed E-state index contributed by atoms with van der Waals surface area (Å²) in [6, 6.07) is 4.48. The van der Waals surface area contributed by atoms with Crippen LogP contribution < -0.4 is 5.32 Å². The standard InChI is InChI=1S/C14H19N3O/c1-2-11-7-12(5-6-15-11)16-13-8-17(9-13)14(18)10-3-4-10/h5-7,10,13H,2-4,8-9H2,1H3,(H,15,16). The molecule has 1 aliphatic heterocycles. The van der Waals surface area contributed by atoms with E-state index in [1.54, 1.807) is 0 Å². The van der Waals surface area contributed by atoms with Crippen LogP contribution in [0.25, 0.3) is 0 Å². The van der Waals surface area contributed by atoms with E-state index in [0.717, 1.165) is 43.7 Å². The van der Waals surface area contributed by atoms with Crippen LogP contribution in [-0.2, 0) is 11.2 Å². The largest absolute Gasteiger partial charge is 0.379 e. The number of pyridine rings is 1. The van der Waals surface area contributed by atoms with E-state index in [1.807, 2.05) is 17.2 Å². The van der Waals surface area contributed by atoms with Crippen LogP contribution in [0.3, 0.4) is 0 Å². The molecule has 0 aromatic carbocycles. The summed E-state index contributed by atoms with van der Waals surface area (Å²) in [5, 5.41) is 3.46. The molecule has 0 spiro atoms. The second-order valence-electron chi connectivity index (χ2n) is 5.25. The fourth-order valence-corrected chi connectivity index (χ4v) is 2.34. The summed E-state index contributed by atoms with van der Waals surface area (Å²) in [5.41, 5.74) is 2.22. The first-order valence-electron chi connectivity index (χ1n) is 6.76. The van der Waals surface area contributed by atoms with Crippen molar-refractivity contribution < 1.29 is 4.79 Å². The Kier molecular flexibility index (Phi) is 2.94. The van der Waals surface area contributed by atoms with Gasteiger partial charge in [-0.2, -0.15) is 0 Å². The summed E-state index contributed by atoms with van der Waals surface area (Å²) < 4.78 is 0. The van der Waals surface area contributed by atoms with Gasteiger partial charge < -0.3 is 10.2 Å². The summed E-state index contributed by atoms with van der Waals surface area (Å²) in [5.74, 6) is 0.704. The quantitative estimate of drug-likeness (QED) is 0.877. The Balaban J connectivity index is 1.51. The molecule has 1 saturated heterocycles. The number of carbonyl (C=O) groups is 1. The molecule has 1 aliphatic carbocycles. The summed E-state index contributed by atoms with van der Waals surface area (Å²) >= 11 is 0. The Morgan fingerprint density at radius 2 is 2.28 bits per heavy atom. The lowest BCUT2D eigenvalue weighted by atomic mass is 10.1. The zero-order valence-electron chi connectivity index (χ0n) is 10.7. The molecule has 2 aliphatic rings. The number of amides is 1. The maximum atomic E-state index is 11.8. The van der Waals surface area contributed by atoms with Crippen LogP contribution in [0.1, 0.15) is 25.5 Å². The SMILES string of the molecule is CCc1cc(NC2CN(C(=O)C3CC3)C2)ccn1. The van der Waals surface area contributed by atoms with Crippen molar-refractivity contribution in [1.82, 2.24) is 9.88 Å². The molecule has 3 rings (SSSR count). The highest BCUT2D eigenvalue weighted by Gasteiger charge is 2.39. The second-order valence-corrected chi connectivity index (χ2v) is 5.25. The summed E-state index contributed by atoms with van der Waals surface area (Å²) in [6.07, 6.45) is 4.98. The van der Waals surface area contributed by atoms with Crippen LogP contribution in [0.4, 0.5) is 5.69 Å². The molecule has 2 heterocycles. The molecule has 96 valence electrons. The lowest BCUT2D eigenvalue weighted by molar-refractivity contribution is -0.136. The van der Waals surface area contributed by atoms with E-state index in [1.165, 1.54) is 0 Å². The molecular weight excluding hydrogens is 226 g/mol. The number of nitrogens with zero attached hydrogens (tertiary/aromatic N) is 2. The van der Waals surface area contributed by atoms with E-state index in [4.69, 9.17) is 0 Å². The minimum atomic E-state index is 0.346. The Bertz CT molecular complexity index is 450. The van der Waals surface area contributed by atoms with Gasteiger partial charge in [0.05, 0.1) is 6.04 Å². The van der Waals surface area contributed by atoms with Crippen LogP contribution in [-0.4, -0.2) is 34.9 Å². The zero-order chi connectivity index (χ0) is 12.5. The van der Waals surface area contributed by atoms with Crippen molar-refractivity contribution in [2.24, 2.45) is 5.92 Å². The first-order chi connectivity index (χ1) is 8.76. The van der Waals surface area contributed by atoms with Gasteiger partial charge in [0.2, 0.25) is 5.91 Å². The van der Waals surface area contributed by atoms with Gasteiger partial charge >= 0.3 is 0 Å². The fraction of sp³-hybridized carbons (Fsp3) is 0.571. The minimum absolute atomic E-state index is 0.346. The molecule has 0 radical (unpaired) electrons. The predicted molar refractivity (Wildman–Crippen MR) is 70.3 cm³/mol. The number of rotatable bonds is 4. The molecule has 0 atom stereocenters. The van der Waals surface area contributed by atoms with Gasteiger partial charge in [-0.25, -0.2) is 0 Å². The van der Waals surface area contributed by atoms with Crippen molar-refractivity contribution in [2.45, 2.75) is 32.2 Å². The predicted octanol–water partition coefficient (Wildman–Crippen LogP) is 1.68. The van der Waals surface area contributed by atoms with Crippen molar-refractivity contribution in [1.29, 1.82) is 0 Å². The van der Waals surface area contributed by atoms with Crippen LogP contribution in [0.5, 0.6) is 0 Å². The highest BCUT2D eigenvalue weighted by atomic mass is 16.2. The first-order valence-corrected chi connectivity index (χ1v) is 6.76. The second kappa shape index (κ2) is 4.59. The molecule has 1 aromatic rings. The number of hydrogen-bond donors (Lipinski definition) is 1. The van der Waals surface area contributed by atoms with Crippen molar-refractivity contribution >= 4 is 11.6 Å². The van der Waals surface area contributed by atoms with Gasteiger partial charge in [-0.15, -0.1) is 0 Å². The lowest BCUT2D eigenvalue weighted by Gasteiger charge is -2.40. The van der Waals surface area contributed by atoms with E-state index >= 15 is 0 Å². The van der Waals surface area contributed by atoms with Crippen LogP contribution >= 0.6 is 0 Å². The summed E-state index contributed by atoms with van der Waals surface area (Å²) in [7, 11) is 0. The highest BCUT2D eigenvalue weighted by Crippen LogP contribution is 2.32. The third-order valence-electron chi connectivity index (χ3n) is 3.67. The number of likely N-dealkylation sites (tertiary alicyclic amines) is 1. The molecule has 1 amide bonds. The Morgan fingerprint density at radius 1 is 1.50 bits per heavy atom. The lowest BCUT2D eigenvalue weighted by Crippen LogP contribution is -2.57. The van der Waals surface area contributed by atoms with Gasteiger partial charge in [0, 0.05) is 36.6 Å². The van der Waals surface area contributed by atoms with Crippen molar-refractivity contribution in [3.05, 3.63) is 24.0 Å². The number of hydrogen-bond acceptors (Lipinski definition) is 3. The normalized spacial score (nSPS) is 19.5. The molecule has 4 nitrogen and oxygen atoms in total. The van der Waals surface area contributed by atoms with Gasteiger partial charge in [-0.3, -0.25) is 9.78 Å². The number of nitrogens with one attached hydrogen (secondary N) is 1. The molecule has 1 N–H and O–H groups in total. The average Bonchev–Trinajstić information content (AvgIpc) is 3.17. The van der Waals surface area contributed by atoms with Crippen molar-refractivity contribution in [3.63, 3.8) is 0 Å². The number of anilines is 1. The third-order valence-corrected chi connectivity index (χ3v) is 3.67. The third kappa shape index (κ3) is 2.33. The van der Waals surface area contributed by atoms with E-state index in [2.05, 4.69) is 23.3 Å². The number of aromatic nitrogens is 1. The molecule has 0 bridgehead atoms. The van der Waals surface area contributed by atoms with E-state index in [-0.39, 0.29) is 0 Å². The Labute approximate surface area is 107 Å². The summed E-state index contributed by atoms with van der Waals surface area (Å²) in [4.78, 5) is 18.0. The van der Waals surface area contributed by atoms with Gasteiger partial charge in [-0.05, 0) is 31.4 Å². The van der Waals surface area contributed by atoms with Gasteiger partial charge in [0.25, 0.3) is 0 Å². The number of aryl methyl sites for hydroxylation is 1. The van der Waals surface area contributed by atoms with E-state index < -0.39 is 0 Å². The van der Waals surface area contributed by atoms with Gasteiger partial charge in [0.15, 0.2) is 0 Å². The zero-order valence-corrected chi connectivity index (χ0v) is 10.7. The molecule has 2 fully saturated rings. The molecule has 0 unspecified atom stereocenters. The molecular formula is C14H19N3O. The average molecular weight is 245 g/mol. The monoisotopic (exact) mass is 245 g/mol. The summed E-state index contributed by atoms with van der Waals surface area (Å²) in [6.45, 7) is 3.80. The maximum absolute atomic E-state index is 11.8. The van der Waals surface area contributed by atoms with E-state index in [0.29, 0.717) is 17.9 Å². The topological polar surface area (TPSA) is 45.2 Å². The van der Waals surface area contributed by atoms with Gasteiger partial charge in [0.1, 0.15) is 0 Å². The molecule has 1 saturated carbocycles. The van der Waals surface area contributed by atoms with Crippen molar-refractivity contribution in [2.75, 3.05) is 18.4 Å². The van der Waals surface area contributed by atoms with Crippen LogP contribution in [0, 0.1) is 5.92 Å². The Hall–Kier alpha value is -1.58.